The van der Waals surface area contributed by atoms with Crippen LogP contribution in [0.3, 0.4) is 0 Å². The molecule has 2 aromatic heterocycles. The molecule has 0 bridgehead atoms. The van der Waals surface area contributed by atoms with Gasteiger partial charge in [-0.1, -0.05) is 0 Å². The molecule has 0 aromatic carbocycles. The first-order valence-electron chi connectivity index (χ1n) is 10.9. The zero-order valence-corrected chi connectivity index (χ0v) is 18.5. The number of aromatic nitrogens is 5. The number of hydrogen-bond acceptors (Lipinski definition) is 8. The van der Waals surface area contributed by atoms with Crippen LogP contribution in [0.2, 0.25) is 0 Å². The fraction of sp³-hybridized carbons (Fsp3) is 0.650. The van der Waals surface area contributed by atoms with E-state index in [4.69, 9.17) is 4.74 Å². The van der Waals surface area contributed by atoms with Crippen LogP contribution < -0.4 is 15.5 Å². The van der Waals surface area contributed by atoms with E-state index >= 15 is 0 Å². The van der Waals surface area contributed by atoms with Crippen molar-refractivity contribution in [1.29, 1.82) is 0 Å². The summed E-state index contributed by atoms with van der Waals surface area (Å²) in [5.41, 5.74) is -0.940. The molecule has 2 aliphatic heterocycles. The average molecular weight is 468 g/mol. The topological polar surface area (TPSA) is 110 Å². The molecule has 33 heavy (non-hydrogen) atoms. The maximum Gasteiger partial charge on any atom is 0.433 e. The van der Waals surface area contributed by atoms with E-state index < -0.39 is 11.9 Å². The molecular weight excluding hydrogens is 441 g/mol. The zero-order valence-electron chi connectivity index (χ0n) is 18.5. The Kier molecular flexibility index (Phi) is 6.41. The molecule has 1 amide bonds. The Balaban J connectivity index is 1.51. The van der Waals surface area contributed by atoms with Crippen LogP contribution in [-0.4, -0.2) is 69.5 Å². The maximum absolute atomic E-state index is 12.9. The van der Waals surface area contributed by atoms with Crippen LogP contribution >= 0.6 is 0 Å². The van der Waals surface area contributed by atoms with Gasteiger partial charge in [0.05, 0.1) is 6.61 Å². The van der Waals surface area contributed by atoms with Crippen LogP contribution in [0.5, 0.6) is 0 Å². The lowest BCUT2D eigenvalue weighted by Gasteiger charge is -2.23. The Morgan fingerprint density at radius 1 is 1.30 bits per heavy atom. The van der Waals surface area contributed by atoms with E-state index in [-0.39, 0.29) is 42.2 Å². The summed E-state index contributed by atoms with van der Waals surface area (Å²) < 4.78 is 46.0. The van der Waals surface area contributed by atoms with E-state index in [2.05, 4.69) is 35.7 Å². The van der Waals surface area contributed by atoms with Crippen LogP contribution in [0, 0.1) is 5.41 Å². The second kappa shape index (κ2) is 9.12. The van der Waals surface area contributed by atoms with Gasteiger partial charge in [0.25, 0.3) is 5.91 Å². The molecule has 1 unspecified atom stereocenters. The minimum Gasteiger partial charge on any atom is -0.381 e. The Bertz CT molecular complexity index is 988. The standard InChI is InChI=1S/C20H27F3N8O2/c1-13(2)26-16(32)15-28-29-18(30-8-4-19(11-30)5-10-33-12-19)31(15)9-7-25-17-24-6-3-14(27-17)20(21,22)23/h3,6,13H,4-5,7-12H2,1-2H3,(H,26,32)(H,24,25,27). The van der Waals surface area contributed by atoms with Gasteiger partial charge in [-0.25, -0.2) is 9.97 Å². The van der Waals surface area contributed by atoms with Crippen LogP contribution in [0.1, 0.15) is 43.0 Å². The molecule has 4 heterocycles. The van der Waals surface area contributed by atoms with Gasteiger partial charge in [0.15, 0.2) is 0 Å². The Labute approximate surface area is 188 Å². The van der Waals surface area contributed by atoms with Crippen LogP contribution in [0.25, 0.3) is 0 Å². The molecule has 13 heteroatoms. The first-order valence-corrected chi connectivity index (χ1v) is 10.9. The minimum absolute atomic E-state index is 0.0846. The summed E-state index contributed by atoms with van der Waals surface area (Å²) in [5, 5.41) is 14.0. The second-order valence-corrected chi connectivity index (χ2v) is 8.77. The molecule has 0 radical (unpaired) electrons. The van der Waals surface area contributed by atoms with Crippen molar-refractivity contribution in [2.45, 2.75) is 45.5 Å². The van der Waals surface area contributed by atoms with Gasteiger partial charge in [-0.05, 0) is 32.8 Å². The number of amides is 1. The van der Waals surface area contributed by atoms with Crippen molar-refractivity contribution < 1.29 is 22.7 Å². The van der Waals surface area contributed by atoms with E-state index in [1.54, 1.807) is 4.57 Å². The number of nitrogens with zero attached hydrogens (tertiary/aromatic N) is 6. The van der Waals surface area contributed by atoms with Crippen molar-refractivity contribution in [2.75, 3.05) is 43.1 Å². The smallest absolute Gasteiger partial charge is 0.381 e. The van der Waals surface area contributed by atoms with Crippen molar-refractivity contribution in [2.24, 2.45) is 5.41 Å². The molecule has 4 rings (SSSR count). The molecule has 2 aliphatic rings. The fourth-order valence-corrected chi connectivity index (χ4v) is 4.19. The molecule has 2 aromatic rings. The largest absolute Gasteiger partial charge is 0.433 e. The summed E-state index contributed by atoms with van der Waals surface area (Å²) in [6.45, 7) is 7.06. The summed E-state index contributed by atoms with van der Waals surface area (Å²) in [6.07, 6.45) is -1.56. The first kappa shape index (κ1) is 23.2. The number of ether oxygens (including phenoxy) is 1. The van der Waals surface area contributed by atoms with E-state index in [0.717, 1.165) is 44.8 Å². The van der Waals surface area contributed by atoms with Gasteiger partial charge in [-0.3, -0.25) is 9.36 Å². The van der Waals surface area contributed by atoms with Crippen molar-refractivity contribution in [1.82, 2.24) is 30.0 Å². The monoisotopic (exact) mass is 468 g/mol. The lowest BCUT2D eigenvalue weighted by atomic mass is 9.87. The van der Waals surface area contributed by atoms with E-state index in [1.807, 2.05) is 13.8 Å². The summed E-state index contributed by atoms with van der Waals surface area (Å²) in [4.78, 5) is 22.2. The molecule has 10 nitrogen and oxygen atoms in total. The predicted molar refractivity (Wildman–Crippen MR) is 113 cm³/mol. The Morgan fingerprint density at radius 3 is 2.82 bits per heavy atom. The van der Waals surface area contributed by atoms with Crippen LogP contribution in [0.15, 0.2) is 12.3 Å². The highest BCUT2D eigenvalue weighted by atomic mass is 19.4. The average Bonchev–Trinajstić information content (AvgIpc) is 3.48. The van der Waals surface area contributed by atoms with Crippen LogP contribution in [0.4, 0.5) is 25.1 Å². The predicted octanol–water partition coefficient (Wildman–Crippen LogP) is 1.95. The van der Waals surface area contributed by atoms with E-state index in [9.17, 15) is 18.0 Å². The third kappa shape index (κ3) is 5.18. The number of carbonyl (C=O) groups excluding carboxylic acids is 1. The fourth-order valence-electron chi connectivity index (χ4n) is 4.19. The summed E-state index contributed by atoms with van der Waals surface area (Å²) >= 11 is 0. The number of nitrogens with one attached hydrogen (secondary N) is 2. The number of halogens is 3. The molecule has 2 fully saturated rings. The van der Waals surface area contributed by atoms with Gasteiger partial charge >= 0.3 is 6.18 Å². The molecule has 1 atom stereocenters. The summed E-state index contributed by atoms with van der Waals surface area (Å²) in [5.74, 6) is 0.196. The third-order valence-corrected chi connectivity index (χ3v) is 5.82. The Morgan fingerprint density at radius 2 is 2.12 bits per heavy atom. The lowest BCUT2D eigenvalue weighted by Crippen LogP contribution is -2.34. The number of rotatable bonds is 7. The molecule has 2 N–H and O–H groups in total. The highest BCUT2D eigenvalue weighted by Gasteiger charge is 2.43. The van der Waals surface area contributed by atoms with Gasteiger partial charge in [-0.2, -0.15) is 13.2 Å². The molecular formula is C20H27F3N8O2. The number of carbonyl (C=O) groups is 1. The van der Waals surface area contributed by atoms with Crippen molar-refractivity contribution >= 4 is 17.8 Å². The summed E-state index contributed by atoms with van der Waals surface area (Å²) in [7, 11) is 0. The van der Waals surface area contributed by atoms with Crippen LogP contribution in [-0.2, 0) is 17.5 Å². The lowest BCUT2D eigenvalue weighted by molar-refractivity contribution is -0.141. The molecule has 1 spiro atoms. The van der Waals surface area contributed by atoms with E-state index in [1.165, 1.54) is 0 Å². The van der Waals surface area contributed by atoms with Gasteiger partial charge in [0, 0.05) is 50.4 Å². The third-order valence-electron chi connectivity index (χ3n) is 5.82. The highest BCUT2D eigenvalue weighted by Crippen LogP contribution is 2.39. The second-order valence-electron chi connectivity index (χ2n) is 8.77. The van der Waals surface area contributed by atoms with Gasteiger partial charge in [0.1, 0.15) is 5.69 Å². The van der Waals surface area contributed by atoms with Gasteiger partial charge < -0.3 is 20.3 Å². The van der Waals surface area contributed by atoms with Crippen molar-refractivity contribution in [3.8, 4) is 0 Å². The van der Waals surface area contributed by atoms with Gasteiger partial charge in [0.2, 0.25) is 17.7 Å². The minimum atomic E-state index is -4.56. The number of anilines is 2. The SMILES string of the molecule is CC(C)NC(=O)c1nnc(N2CCC3(CCOC3)C2)n1CCNc1nccc(C(F)(F)F)n1. The quantitative estimate of drug-likeness (QED) is 0.635. The van der Waals surface area contributed by atoms with Crippen molar-refractivity contribution in [3.63, 3.8) is 0 Å². The maximum atomic E-state index is 12.9. The molecule has 0 saturated carbocycles. The number of alkyl halides is 3. The zero-order chi connectivity index (χ0) is 23.6. The molecule has 0 aliphatic carbocycles. The summed E-state index contributed by atoms with van der Waals surface area (Å²) in [6, 6.07) is 0.723. The van der Waals surface area contributed by atoms with Crippen molar-refractivity contribution in [3.05, 3.63) is 23.8 Å². The first-order chi connectivity index (χ1) is 15.7. The highest BCUT2D eigenvalue weighted by molar-refractivity contribution is 5.91. The normalized spacial score (nSPS) is 20.7. The number of hydrogen-bond donors (Lipinski definition) is 2. The Hall–Kier alpha value is -2.96. The van der Waals surface area contributed by atoms with Gasteiger partial charge in [-0.15, -0.1) is 10.2 Å². The molecule has 180 valence electrons. The van der Waals surface area contributed by atoms with E-state index in [0.29, 0.717) is 12.6 Å². The molecule has 2 saturated heterocycles.